The molecule has 0 amide bonds. The van der Waals surface area contributed by atoms with Crippen molar-refractivity contribution in [2.24, 2.45) is 0 Å². The van der Waals surface area contributed by atoms with Crippen LogP contribution in [-0.2, 0) is 16.6 Å². The first-order valence-electron chi connectivity index (χ1n) is 6.62. The number of nitrogens with one attached hydrogen (secondary N) is 1. The highest BCUT2D eigenvalue weighted by Crippen LogP contribution is 2.28. The molecule has 0 spiro atoms. The van der Waals surface area contributed by atoms with E-state index in [-0.39, 0.29) is 0 Å². The van der Waals surface area contributed by atoms with E-state index in [0.717, 1.165) is 18.5 Å². The fourth-order valence-corrected chi connectivity index (χ4v) is 3.55. The first-order valence-corrected chi connectivity index (χ1v) is 8.06. The van der Waals surface area contributed by atoms with E-state index in [2.05, 4.69) is 12.2 Å². The first-order chi connectivity index (χ1) is 8.86. The van der Waals surface area contributed by atoms with E-state index in [1.807, 2.05) is 6.92 Å². The Kier molecular flexibility index (Phi) is 5.58. The predicted molar refractivity (Wildman–Crippen MR) is 75.7 cm³/mol. The summed E-state index contributed by atoms with van der Waals surface area (Å²) in [6.45, 7) is 9.20. The molecule has 0 unspecified atom stereocenters. The second-order valence-corrected chi connectivity index (χ2v) is 6.60. The molecule has 1 heterocycles. The van der Waals surface area contributed by atoms with Crippen LogP contribution in [-0.4, -0.2) is 32.9 Å². The molecule has 1 N–H and O–H groups in total. The molecule has 0 saturated heterocycles. The molecule has 0 aliphatic carbocycles. The lowest BCUT2D eigenvalue weighted by Crippen LogP contribution is -2.28. The summed E-state index contributed by atoms with van der Waals surface area (Å²) in [6.07, 6.45) is 1.01. The van der Waals surface area contributed by atoms with Crippen molar-refractivity contribution >= 4 is 10.0 Å². The maximum atomic E-state index is 12.5. The highest BCUT2D eigenvalue weighted by atomic mass is 32.2. The Morgan fingerprint density at radius 1 is 1.21 bits per heavy atom. The number of hydrogen-bond acceptors (Lipinski definition) is 4. The van der Waals surface area contributed by atoms with E-state index >= 15 is 0 Å². The number of furan rings is 1. The molecular weight excluding hydrogens is 264 g/mol. The third kappa shape index (κ3) is 3.38. The molecule has 1 aromatic heterocycles. The van der Waals surface area contributed by atoms with Gasteiger partial charge in [0.15, 0.2) is 0 Å². The number of nitrogens with zero attached hydrogens (tertiary/aromatic N) is 1. The SMILES string of the molecule is CCCNCc1c(C)oc(C)c1S(=O)(=O)N(C)CC. The minimum atomic E-state index is -3.47. The number of sulfonamides is 1. The molecule has 6 heteroatoms. The Hall–Kier alpha value is -0.850. The quantitative estimate of drug-likeness (QED) is 0.780. The topological polar surface area (TPSA) is 62.6 Å². The summed E-state index contributed by atoms with van der Waals surface area (Å²) in [5.74, 6) is 1.13. The molecule has 5 nitrogen and oxygen atoms in total. The van der Waals surface area contributed by atoms with Crippen LogP contribution in [0.4, 0.5) is 0 Å². The molecule has 0 saturated carbocycles. The molecule has 0 atom stereocenters. The Balaban J connectivity index is 3.19. The average molecular weight is 288 g/mol. The van der Waals surface area contributed by atoms with Gasteiger partial charge in [0.25, 0.3) is 0 Å². The van der Waals surface area contributed by atoms with Gasteiger partial charge in [0.2, 0.25) is 10.0 Å². The Labute approximate surface area is 116 Å². The lowest BCUT2D eigenvalue weighted by atomic mass is 10.2. The lowest BCUT2D eigenvalue weighted by molar-refractivity contribution is 0.474. The molecule has 110 valence electrons. The number of aryl methyl sites for hydroxylation is 2. The number of rotatable bonds is 7. The van der Waals surface area contributed by atoms with Gasteiger partial charge >= 0.3 is 0 Å². The fraction of sp³-hybridized carbons (Fsp3) is 0.692. The molecule has 0 radical (unpaired) electrons. The van der Waals surface area contributed by atoms with Crippen molar-refractivity contribution in [2.45, 2.75) is 45.6 Å². The van der Waals surface area contributed by atoms with Crippen LogP contribution in [0, 0.1) is 13.8 Å². The van der Waals surface area contributed by atoms with Crippen molar-refractivity contribution in [3.05, 3.63) is 17.1 Å². The molecule has 1 aromatic rings. The molecule has 0 aliphatic rings. The van der Waals surface area contributed by atoms with E-state index in [0.29, 0.717) is 29.5 Å². The summed E-state index contributed by atoms with van der Waals surface area (Å²) in [4.78, 5) is 0.318. The molecule has 0 aliphatic heterocycles. The standard InChI is InChI=1S/C13H24N2O3S/c1-6-8-14-9-12-10(3)18-11(4)13(12)19(16,17)15(5)7-2/h14H,6-9H2,1-5H3. The van der Waals surface area contributed by atoms with Crippen molar-refractivity contribution in [3.8, 4) is 0 Å². The van der Waals surface area contributed by atoms with Gasteiger partial charge in [-0.15, -0.1) is 0 Å². The minimum Gasteiger partial charge on any atom is -0.465 e. The van der Waals surface area contributed by atoms with Gasteiger partial charge in [-0.1, -0.05) is 13.8 Å². The van der Waals surface area contributed by atoms with Crippen LogP contribution in [0.3, 0.4) is 0 Å². The normalized spacial score (nSPS) is 12.3. The minimum absolute atomic E-state index is 0.318. The second-order valence-electron chi connectivity index (χ2n) is 4.62. The third-order valence-corrected chi connectivity index (χ3v) is 5.30. The number of hydrogen-bond donors (Lipinski definition) is 1. The summed E-state index contributed by atoms with van der Waals surface area (Å²) in [6, 6.07) is 0. The molecule has 19 heavy (non-hydrogen) atoms. The smallest absolute Gasteiger partial charge is 0.246 e. The maximum absolute atomic E-state index is 12.5. The van der Waals surface area contributed by atoms with Gasteiger partial charge in [-0.25, -0.2) is 12.7 Å². The maximum Gasteiger partial charge on any atom is 0.246 e. The first kappa shape index (κ1) is 16.2. The fourth-order valence-electron chi connectivity index (χ4n) is 1.97. The summed E-state index contributed by atoms with van der Waals surface area (Å²) in [7, 11) is -1.88. The lowest BCUT2D eigenvalue weighted by Gasteiger charge is -2.15. The van der Waals surface area contributed by atoms with Crippen molar-refractivity contribution in [1.82, 2.24) is 9.62 Å². The van der Waals surface area contributed by atoms with Gasteiger partial charge < -0.3 is 9.73 Å². The van der Waals surface area contributed by atoms with Crippen molar-refractivity contribution in [2.75, 3.05) is 20.1 Å². The monoisotopic (exact) mass is 288 g/mol. The van der Waals surface area contributed by atoms with Gasteiger partial charge in [0, 0.05) is 25.7 Å². The van der Waals surface area contributed by atoms with Gasteiger partial charge in [-0.05, 0) is 26.8 Å². The zero-order valence-corrected chi connectivity index (χ0v) is 13.2. The van der Waals surface area contributed by atoms with Crippen LogP contribution in [0.15, 0.2) is 9.31 Å². The van der Waals surface area contributed by atoms with Gasteiger partial charge in [0.05, 0.1) is 0 Å². The molecule has 0 bridgehead atoms. The zero-order chi connectivity index (χ0) is 14.6. The van der Waals surface area contributed by atoms with E-state index in [9.17, 15) is 8.42 Å². The predicted octanol–water partition coefficient (Wildman–Crippen LogP) is 2.04. The summed E-state index contributed by atoms with van der Waals surface area (Å²) < 4.78 is 31.8. The summed E-state index contributed by atoms with van der Waals surface area (Å²) in [5.41, 5.74) is 0.742. The van der Waals surface area contributed by atoms with Crippen LogP contribution in [0.2, 0.25) is 0 Å². The Morgan fingerprint density at radius 3 is 2.37 bits per heavy atom. The molecular formula is C13H24N2O3S. The van der Waals surface area contributed by atoms with Gasteiger partial charge in [-0.3, -0.25) is 0 Å². The largest absolute Gasteiger partial charge is 0.465 e. The van der Waals surface area contributed by atoms with Crippen LogP contribution in [0.25, 0.3) is 0 Å². The third-order valence-electron chi connectivity index (χ3n) is 3.17. The van der Waals surface area contributed by atoms with Crippen LogP contribution < -0.4 is 5.32 Å². The van der Waals surface area contributed by atoms with Crippen molar-refractivity contribution < 1.29 is 12.8 Å². The van der Waals surface area contributed by atoms with E-state index < -0.39 is 10.0 Å². The zero-order valence-electron chi connectivity index (χ0n) is 12.4. The highest BCUT2D eigenvalue weighted by molar-refractivity contribution is 7.89. The molecule has 0 aromatic carbocycles. The highest BCUT2D eigenvalue weighted by Gasteiger charge is 2.29. The molecule has 1 rings (SSSR count). The summed E-state index contributed by atoms with van der Waals surface area (Å²) in [5, 5.41) is 3.23. The van der Waals surface area contributed by atoms with Crippen LogP contribution in [0.1, 0.15) is 37.4 Å². The summed E-state index contributed by atoms with van der Waals surface area (Å²) >= 11 is 0. The Morgan fingerprint density at radius 2 is 1.84 bits per heavy atom. The molecule has 0 fully saturated rings. The van der Waals surface area contributed by atoms with Gasteiger partial charge in [0.1, 0.15) is 16.4 Å². The van der Waals surface area contributed by atoms with Crippen LogP contribution >= 0.6 is 0 Å². The second kappa shape index (κ2) is 6.54. The van der Waals surface area contributed by atoms with Gasteiger partial charge in [-0.2, -0.15) is 0 Å². The average Bonchev–Trinajstić information content (AvgIpc) is 2.64. The van der Waals surface area contributed by atoms with Crippen molar-refractivity contribution in [1.29, 1.82) is 0 Å². The van der Waals surface area contributed by atoms with Crippen LogP contribution in [0.5, 0.6) is 0 Å². The van der Waals surface area contributed by atoms with E-state index in [1.54, 1.807) is 20.9 Å². The Bertz CT molecular complexity index is 520. The van der Waals surface area contributed by atoms with Crippen molar-refractivity contribution in [3.63, 3.8) is 0 Å². The van der Waals surface area contributed by atoms with E-state index in [1.165, 1.54) is 4.31 Å². The van der Waals surface area contributed by atoms with E-state index in [4.69, 9.17) is 4.42 Å².